The van der Waals surface area contributed by atoms with E-state index in [2.05, 4.69) is 0 Å². The number of fused-ring (bicyclic) bond motifs is 1. The maximum Gasteiger partial charge on any atom is 0.177 e. The molecule has 1 aromatic carbocycles. The van der Waals surface area contributed by atoms with Crippen LogP contribution in [-0.4, -0.2) is 16.7 Å². The molecular formula is C15H18O3. The molecule has 0 heterocycles. The number of Topliss-reactive ketones (excluding diaryl/α,β-unsaturated/α-hetero) is 2. The van der Waals surface area contributed by atoms with Gasteiger partial charge in [0.25, 0.3) is 0 Å². The van der Waals surface area contributed by atoms with E-state index < -0.39 is 5.41 Å². The Balaban J connectivity index is 2.78. The van der Waals surface area contributed by atoms with Gasteiger partial charge in [0.1, 0.15) is 5.75 Å². The number of carbonyl (C=O) groups excluding carboxylic acids is 2. The molecule has 0 aromatic heterocycles. The number of hydrogen-bond acceptors (Lipinski definition) is 3. The lowest BCUT2D eigenvalue weighted by atomic mass is 9.77. The third kappa shape index (κ3) is 1.30. The average molecular weight is 246 g/mol. The number of rotatable bonds is 2. The first-order valence-electron chi connectivity index (χ1n) is 6.33. The van der Waals surface area contributed by atoms with Gasteiger partial charge in [0.05, 0.1) is 5.41 Å². The van der Waals surface area contributed by atoms with Crippen LogP contribution in [0.2, 0.25) is 0 Å². The van der Waals surface area contributed by atoms with E-state index in [0.29, 0.717) is 29.5 Å². The molecule has 2 rings (SSSR count). The highest BCUT2D eigenvalue weighted by atomic mass is 16.3. The first kappa shape index (κ1) is 12.8. The van der Waals surface area contributed by atoms with E-state index in [1.54, 1.807) is 13.8 Å². The van der Waals surface area contributed by atoms with Crippen LogP contribution in [0.25, 0.3) is 0 Å². The van der Waals surface area contributed by atoms with Crippen molar-refractivity contribution in [1.82, 2.24) is 0 Å². The minimum Gasteiger partial charge on any atom is -0.508 e. The van der Waals surface area contributed by atoms with Crippen LogP contribution >= 0.6 is 0 Å². The van der Waals surface area contributed by atoms with Gasteiger partial charge in [-0.1, -0.05) is 13.8 Å². The van der Waals surface area contributed by atoms with Crippen molar-refractivity contribution in [2.75, 3.05) is 0 Å². The van der Waals surface area contributed by atoms with E-state index in [1.807, 2.05) is 13.8 Å². The van der Waals surface area contributed by atoms with Gasteiger partial charge in [0.15, 0.2) is 11.6 Å². The normalized spacial score (nSPS) is 17.1. The smallest absolute Gasteiger partial charge is 0.177 e. The topological polar surface area (TPSA) is 54.4 Å². The summed E-state index contributed by atoms with van der Waals surface area (Å²) in [6.45, 7) is 7.29. The molecule has 0 unspecified atom stereocenters. The summed E-state index contributed by atoms with van der Waals surface area (Å²) < 4.78 is 0. The van der Waals surface area contributed by atoms with Crippen LogP contribution in [0.3, 0.4) is 0 Å². The minimum absolute atomic E-state index is 0.0758. The summed E-state index contributed by atoms with van der Waals surface area (Å²) in [6.07, 6.45) is 1.02. The molecule has 0 fully saturated rings. The van der Waals surface area contributed by atoms with E-state index in [1.165, 1.54) is 6.07 Å². The fourth-order valence-electron chi connectivity index (χ4n) is 2.86. The third-order valence-electron chi connectivity index (χ3n) is 4.42. The van der Waals surface area contributed by atoms with Crippen molar-refractivity contribution >= 4 is 11.6 Å². The zero-order chi connectivity index (χ0) is 13.7. The Bertz CT molecular complexity index is 551. The van der Waals surface area contributed by atoms with Crippen molar-refractivity contribution in [1.29, 1.82) is 0 Å². The highest BCUT2D eigenvalue weighted by Crippen LogP contribution is 2.45. The fourth-order valence-corrected chi connectivity index (χ4v) is 2.86. The molecule has 3 heteroatoms. The van der Waals surface area contributed by atoms with Crippen molar-refractivity contribution in [2.45, 2.75) is 40.5 Å². The predicted molar refractivity (Wildman–Crippen MR) is 69.3 cm³/mol. The zero-order valence-electron chi connectivity index (χ0n) is 11.3. The second kappa shape index (κ2) is 3.94. The molecule has 1 N–H and O–H groups in total. The number of benzene rings is 1. The molecule has 1 aromatic rings. The number of aromatic hydroxyl groups is 1. The van der Waals surface area contributed by atoms with Gasteiger partial charge in [-0.3, -0.25) is 9.59 Å². The first-order chi connectivity index (χ1) is 8.40. The van der Waals surface area contributed by atoms with E-state index >= 15 is 0 Å². The zero-order valence-corrected chi connectivity index (χ0v) is 11.3. The summed E-state index contributed by atoms with van der Waals surface area (Å²) >= 11 is 0. The fraction of sp³-hybridized carbons (Fsp3) is 0.467. The van der Waals surface area contributed by atoms with E-state index in [0.717, 1.165) is 5.56 Å². The van der Waals surface area contributed by atoms with E-state index in [9.17, 15) is 14.7 Å². The lowest BCUT2D eigenvalue weighted by Crippen LogP contribution is -2.31. The Kier molecular flexibility index (Phi) is 2.80. The van der Waals surface area contributed by atoms with Crippen LogP contribution < -0.4 is 0 Å². The summed E-state index contributed by atoms with van der Waals surface area (Å²) in [5.74, 6) is -0.116. The Morgan fingerprint density at radius 1 is 1.06 bits per heavy atom. The van der Waals surface area contributed by atoms with Crippen molar-refractivity contribution in [3.05, 3.63) is 28.3 Å². The monoisotopic (exact) mass is 246 g/mol. The van der Waals surface area contributed by atoms with Crippen LogP contribution in [-0.2, 0) is 0 Å². The van der Waals surface area contributed by atoms with E-state index in [4.69, 9.17) is 0 Å². The lowest BCUT2D eigenvalue weighted by molar-refractivity contribution is 0.0682. The lowest BCUT2D eigenvalue weighted by Gasteiger charge is -2.21. The van der Waals surface area contributed by atoms with Crippen molar-refractivity contribution in [2.24, 2.45) is 5.41 Å². The highest BCUT2D eigenvalue weighted by Gasteiger charge is 2.51. The Morgan fingerprint density at radius 2 is 1.61 bits per heavy atom. The molecule has 0 aliphatic heterocycles. The van der Waals surface area contributed by atoms with Crippen LogP contribution in [0.4, 0.5) is 0 Å². The second-order valence-electron chi connectivity index (χ2n) is 5.02. The van der Waals surface area contributed by atoms with Crippen LogP contribution in [0.5, 0.6) is 5.75 Å². The molecule has 0 amide bonds. The van der Waals surface area contributed by atoms with Gasteiger partial charge in [-0.05, 0) is 43.9 Å². The number of ketones is 2. The van der Waals surface area contributed by atoms with Crippen LogP contribution in [0.1, 0.15) is 58.5 Å². The van der Waals surface area contributed by atoms with Gasteiger partial charge in [-0.15, -0.1) is 0 Å². The van der Waals surface area contributed by atoms with Crippen LogP contribution in [0, 0.1) is 19.3 Å². The van der Waals surface area contributed by atoms with Crippen molar-refractivity contribution in [3.63, 3.8) is 0 Å². The molecule has 0 saturated heterocycles. The summed E-state index contributed by atoms with van der Waals surface area (Å²) in [5, 5.41) is 9.82. The standard InChI is InChI=1S/C15H18O3/c1-5-15(6-2)13(17)10-7-11(16)8(3)9(4)12(10)14(15)18/h7,16H,5-6H2,1-4H3. The maximum absolute atomic E-state index is 12.6. The molecule has 96 valence electrons. The molecule has 0 bridgehead atoms. The Labute approximate surface area is 107 Å². The molecule has 18 heavy (non-hydrogen) atoms. The predicted octanol–water partition coefficient (Wildman–Crippen LogP) is 3.19. The van der Waals surface area contributed by atoms with Gasteiger partial charge < -0.3 is 5.11 Å². The second-order valence-corrected chi connectivity index (χ2v) is 5.02. The number of hydrogen-bond donors (Lipinski definition) is 1. The Hall–Kier alpha value is -1.64. The SMILES string of the molecule is CCC1(CC)C(=O)c2cc(O)c(C)c(C)c2C1=O. The number of phenols is 1. The summed E-state index contributed by atoms with van der Waals surface area (Å²) in [4.78, 5) is 25.0. The van der Waals surface area contributed by atoms with Crippen molar-refractivity contribution in [3.8, 4) is 5.75 Å². The first-order valence-corrected chi connectivity index (χ1v) is 6.33. The Morgan fingerprint density at radius 3 is 2.11 bits per heavy atom. The largest absolute Gasteiger partial charge is 0.508 e. The quantitative estimate of drug-likeness (QED) is 0.815. The minimum atomic E-state index is -0.909. The summed E-state index contributed by atoms with van der Waals surface area (Å²) in [6, 6.07) is 1.45. The molecule has 3 nitrogen and oxygen atoms in total. The summed E-state index contributed by atoms with van der Waals surface area (Å²) in [5.41, 5.74) is 1.40. The van der Waals surface area contributed by atoms with Crippen molar-refractivity contribution < 1.29 is 14.7 Å². The van der Waals surface area contributed by atoms with E-state index in [-0.39, 0.29) is 17.3 Å². The third-order valence-corrected chi connectivity index (χ3v) is 4.42. The van der Waals surface area contributed by atoms with Crippen LogP contribution in [0.15, 0.2) is 6.07 Å². The molecule has 0 spiro atoms. The molecule has 1 aliphatic rings. The number of carbonyl (C=O) groups is 2. The molecule has 0 radical (unpaired) electrons. The molecule has 0 atom stereocenters. The van der Waals surface area contributed by atoms with Gasteiger partial charge in [-0.2, -0.15) is 0 Å². The average Bonchev–Trinajstić information content (AvgIpc) is 2.56. The molecule has 1 aliphatic carbocycles. The van der Waals surface area contributed by atoms with Gasteiger partial charge in [-0.25, -0.2) is 0 Å². The highest BCUT2D eigenvalue weighted by molar-refractivity contribution is 6.30. The van der Waals surface area contributed by atoms with Gasteiger partial charge in [0.2, 0.25) is 0 Å². The number of phenolic OH excluding ortho intramolecular Hbond substituents is 1. The van der Waals surface area contributed by atoms with Gasteiger partial charge >= 0.3 is 0 Å². The van der Waals surface area contributed by atoms with Gasteiger partial charge in [0, 0.05) is 11.1 Å². The molecular weight excluding hydrogens is 228 g/mol. The molecule has 0 saturated carbocycles. The summed E-state index contributed by atoms with van der Waals surface area (Å²) in [7, 11) is 0. The maximum atomic E-state index is 12.6.